The summed E-state index contributed by atoms with van der Waals surface area (Å²) in [6.45, 7) is 5.85. The van der Waals surface area contributed by atoms with Crippen molar-refractivity contribution in [1.29, 1.82) is 5.26 Å². The summed E-state index contributed by atoms with van der Waals surface area (Å²) in [5, 5.41) is 8.66. The quantitative estimate of drug-likeness (QED) is 0.777. The number of carbonyl (C=O) groups is 1. The van der Waals surface area contributed by atoms with Crippen molar-refractivity contribution in [3.63, 3.8) is 0 Å². The van der Waals surface area contributed by atoms with Gasteiger partial charge in [-0.25, -0.2) is 0 Å². The maximum absolute atomic E-state index is 12.3. The molecule has 1 amide bonds. The lowest BCUT2D eigenvalue weighted by Gasteiger charge is -2.33. The van der Waals surface area contributed by atoms with Crippen molar-refractivity contribution in [3.05, 3.63) is 29.8 Å². The molecule has 1 aromatic rings. The van der Waals surface area contributed by atoms with Crippen LogP contribution in [0.15, 0.2) is 24.3 Å². The summed E-state index contributed by atoms with van der Waals surface area (Å²) in [6, 6.07) is 9.39. The van der Waals surface area contributed by atoms with E-state index in [-0.39, 0.29) is 5.91 Å². The summed E-state index contributed by atoms with van der Waals surface area (Å²) >= 11 is 0. The van der Waals surface area contributed by atoms with Gasteiger partial charge in [-0.2, -0.15) is 5.26 Å². The van der Waals surface area contributed by atoms with E-state index in [0.717, 1.165) is 18.8 Å². The second-order valence-corrected chi connectivity index (χ2v) is 4.68. The smallest absolute Gasteiger partial charge is 0.253 e. The van der Waals surface area contributed by atoms with Gasteiger partial charge in [-0.15, -0.1) is 0 Å². The van der Waals surface area contributed by atoms with Crippen LogP contribution in [0.2, 0.25) is 0 Å². The predicted molar refractivity (Wildman–Crippen MR) is 75.6 cm³/mol. The first-order chi connectivity index (χ1) is 9.74. The van der Waals surface area contributed by atoms with Gasteiger partial charge in [0.25, 0.3) is 5.91 Å². The van der Waals surface area contributed by atoms with E-state index in [1.54, 1.807) is 12.1 Å². The summed E-state index contributed by atoms with van der Waals surface area (Å²) in [7, 11) is 0. The van der Waals surface area contributed by atoms with Crippen LogP contribution in [0.3, 0.4) is 0 Å². The molecule has 20 heavy (non-hydrogen) atoms. The Morgan fingerprint density at radius 2 is 1.90 bits per heavy atom. The highest BCUT2D eigenvalue weighted by Gasteiger charge is 2.21. The highest BCUT2D eigenvalue weighted by Crippen LogP contribution is 2.14. The number of nitriles is 1. The van der Waals surface area contributed by atoms with E-state index in [1.165, 1.54) is 0 Å². The molecule has 1 aromatic carbocycles. The number of rotatable bonds is 4. The van der Waals surface area contributed by atoms with Gasteiger partial charge < -0.3 is 9.64 Å². The molecule has 1 heterocycles. The van der Waals surface area contributed by atoms with Crippen molar-refractivity contribution in [2.75, 3.05) is 39.3 Å². The molecule has 1 aliphatic heterocycles. The molecule has 1 saturated heterocycles. The van der Waals surface area contributed by atoms with Gasteiger partial charge in [-0.05, 0) is 31.2 Å². The first-order valence-electron chi connectivity index (χ1n) is 6.86. The molecule has 0 aliphatic carbocycles. The number of hydrogen-bond donors (Lipinski definition) is 0. The number of piperazine rings is 1. The third-order valence-electron chi connectivity index (χ3n) is 3.37. The Morgan fingerprint density at radius 3 is 2.45 bits per heavy atom. The van der Waals surface area contributed by atoms with Crippen LogP contribution in [0.1, 0.15) is 17.3 Å². The summed E-state index contributed by atoms with van der Waals surface area (Å²) in [5.74, 6) is 0.826. The van der Waals surface area contributed by atoms with Gasteiger partial charge in [-0.1, -0.05) is 0 Å². The molecule has 106 valence electrons. The van der Waals surface area contributed by atoms with Crippen LogP contribution in [-0.2, 0) is 0 Å². The topological polar surface area (TPSA) is 56.6 Å². The molecule has 1 aliphatic rings. The van der Waals surface area contributed by atoms with Crippen molar-refractivity contribution >= 4 is 5.91 Å². The van der Waals surface area contributed by atoms with Gasteiger partial charge in [0.15, 0.2) is 0 Å². The molecule has 0 radical (unpaired) electrons. The molecular formula is C15H19N3O2. The fourth-order valence-electron chi connectivity index (χ4n) is 2.25. The summed E-state index contributed by atoms with van der Waals surface area (Å²) in [6.07, 6.45) is 0. The summed E-state index contributed by atoms with van der Waals surface area (Å²) < 4.78 is 5.36. The third kappa shape index (κ3) is 3.49. The minimum Gasteiger partial charge on any atom is -0.494 e. The molecule has 5 heteroatoms. The molecule has 0 atom stereocenters. The van der Waals surface area contributed by atoms with Gasteiger partial charge >= 0.3 is 0 Å². The zero-order valence-corrected chi connectivity index (χ0v) is 11.7. The van der Waals surface area contributed by atoms with E-state index < -0.39 is 0 Å². The molecule has 1 fully saturated rings. The average molecular weight is 273 g/mol. The molecule has 0 unspecified atom stereocenters. The van der Waals surface area contributed by atoms with E-state index in [1.807, 2.05) is 24.0 Å². The van der Waals surface area contributed by atoms with E-state index in [4.69, 9.17) is 10.00 Å². The van der Waals surface area contributed by atoms with E-state index in [2.05, 4.69) is 11.0 Å². The zero-order valence-electron chi connectivity index (χ0n) is 11.7. The van der Waals surface area contributed by atoms with Crippen molar-refractivity contribution in [2.45, 2.75) is 6.92 Å². The Kier molecular flexibility index (Phi) is 4.97. The minimum atomic E-state index is 0.0460. The second-order valence-electron chi connectivity index (χ2n) is 4.68. The Morgan fingerprint density at radius 1 is 1.25 bits per heavy atom. The second kappa shape index (κ2) is 6.92. The molecule has 5 nitrogen and oxygen atoms in total. The number of hydrogen-bond acceptors (Lipinski definition) is 4. The largest absolute Gasteiger partial charge is 0.494 e. The predicted octanol–water partition coefficient (Wildman–Crippen LogP) is 1.37. The van der Waals surface area contributed by atoms with Gasteiger partial charge in [0, 0.05) is 31.7 Å². The number of carbonyl (C=O) groups excluding carboxylic acids is 1. The molecule has 0 N–H and O–H groups in total. The van der Waals surface area contributed by atoms with Crippen molar-refractivity contribution < 1.29 is 9.53 Å². The highest BCUT2D eigenvalue weighted by molar-refractivity contribution is 5.94. The van der Waals surface area contributed by atoms with Crippen molar-refractivity contribution in [2.24, 2.45) is 0 Å². The molecular weight excluding hydrogens is 254 g/mol. The van der Waals surface area contributed by atoms with Crippen LogP contribution >= 0.6 is 0 Å². The zero-order chi connectivity index (χ0) is 14.4. The Labute approximate surface area is 119 Å². The van der Waals surface area contributed by atoms with Crippen LogP contribution in [0.4, 0.5) is 0 Å². The lowest BCUT2D eigenvalue weighted by Crippen LogP contribution is -2.48. The monoisotopic (exact) mass is 273 g/mol. The molecule has 0 spiro atoms. The number of amides is 1. The minimum absolute atomic E-state index is 0.0460. The first-order valence-corrected chi connectivity index (χ1v) is 6.86. The van der Waals surface area contributed by atoms with Crippen LogP contribution in [-0.4, -0.2) is 55.0 Å². The van der Waals surface area contributed by atoms with Gasteiger partial charge in [0.05, 0.1) is 19.2 Å². The molecule has 0 aromatic heterocycles. The van der Waals surface area contributed by atoms with E-state index in [0.29, 0.717) is 31.8 Å². The summed E-state index contributed by atoms with van der Waals surface area (Å²) in [5.41, 5.74) is 0.683. The molecule has 0 saturated carbocycles. The number of benzene rings is 1. The lowest BCUT2D eigenvalue weighted by molar-refractivity contribution is 0.0652. The number of nitrogens with zero attached hydrogens (tertiary/aromatic N) is 3. The van der Waals surface area contributed by atoms with Gasteiger partial charge in [0.1, 0.15) is 5.75 Å². The van der Waals surface area contributed by atoms with Gasteiger partial charge in [0.2, 0.25) is 0 Å². The lowest BCUT2D eigenvalue weighted by atomic mass is 10.1. The van der Waals surface area contributed by atoms with E-state index in [9.17, 15) is 4.79 Å². The van der Waals surface area contributed by atoms with Crippen LogP contribution in [0, 0.1) is 11.3 Å². The Hall–Kier alpha value is -2.06. The molecule has 0 bridgehead atoms. The highest BCUT2D eigenvalue weighted by atomic mass is 16.5. The van der Waals surface area contributed by atoms with Crippen molar-refractivity contribution in [3.8, 4) is 11.8 Å². The maximum atomic E-state index is 12.3. The SMILES string of the molecule is CCOc1ccc(C(=O)N2CCN(CC#N)CC2)cc1. The van der Waals surface area contributed by atoms with E-state index >= 15 is 0 Å². The normalized spacial score (nSPS) is 15.7. The molecule has 2 rings (SSSR count). The number of ether oxygens (including phenoxy) is 1. The third-order valence-corrected chi connectivity index (χ3v) is 3.37. The van der Waals surface area contributed by atoms with Crippen LogP contribution < -0.4 is 4.74 Å². The van der Waals surface area contributed by atoms with Crippen molar-refractivity contribution in [1.82, 2.24) is 9.80 Å². The maximum Gasteiger partial charge on any atom is 0.253 e. The fourth-order valence-corrected chi connectivity index (χ4v) is 2.25. The first kappa shape index (κ1) is 14.4. The van der Waals surface area contributed by atoms with Crippen LogP contribution in [0.25, 0.3) is 0 Å². The van der Waals surface area contributed by atoms with Crippen LogP contribution in [0.5, 0.6) is 5.75 Å². The average Bonchev–Trinajstić information content (AvgIpc) is 2.49. The fraction of sp³-hybridized carbons (Fsp3) is 0.467. The standard InChI is InChI=1S/C15H19N3O2/c1-2-20-14-5-3-13(4-6-14)15(19)18-11-9-17(8-7-16)10-12-18/h3-6H,2,8-12H2,1H3. The summed E-state index contributed by atoms with van der Waals surface area (Å²) in [4.78, 5) is 16.2. The van der Waals surface area contributed by atoms with Gasteiger partial charge in [-0.3, -0.25) is 9.69 Å². The Balaban J connectivity index is 1.93. The Bertz CT molecular complexity index is 485.